The van der Waals surface area contributed by atoms with E-state index in [1.165, 1.54) is 55.2 Å². The molecule has 0 N–H and O–H groups in total. The van der Waals surface area contributed by atoms with Crippen molar-refractivity contribution in [2.24, 2.45) is 0 Å². The minimum absolute atomic E-state index is 0.0165. The number of carbonyl (C=O) groups excluding carboxylic acids is 1. The van der Waals surface area contributed by atoms with Crippen LogP contribution in [-0.4, -0.2) is 72.5 Å². The van der Waals surface area contributed by atoms with Gasteiger partial charge in [-0.05, 0) is 68.5 Å². The van der Waals surface area contributed by atoms with Crippen LogP contribution in [-0.2, 0) is 29.0 Å². The number of amides is 1. The Hall–Kier alpha value is -2.37. The van der Waals surface area contributed by atoms with Crippen LogP contribution in [0.4, 0.5) is 30.7 Å². The lowest BCUT2D eigenvalue weighted by molar-refractivity contribution is -0.162. The van der Waals surface area contributed by atoms with Crippen molar-refractivity contribution >= 4 is 17.5 Å². The van der Waals surface area contributed by atoms with Crippen molar-refractivity contribution in [1.29, 1.82) is 0 Å². The molecule has 248 valence electrons. The molecule has 0 aromatic heterocycles. The van der Waals surface area contributed by atoms with Crippen molar-refractivity contribution in [1.82, 2.24) is 14.7 Å². The van der Waals surface area contributed by atoms with Crippen LogP contribution in [0.25, 0.3) is 0 Å². The van der Waals surface area contributed by atoms with Crippen molar-refractivity contribution in [3.63, 3.8) is 0 Å². The summed E-state index contributed by atoms with van der Waals surface area (Å²) in [6.45, 7) is 4.22. The smallest absolute Gasteiger partial charge is 0.342 e. The van der Waals surface area contributed by atoms with Crippen molar-refractivity contribution in [2.75, 3.05) is 45.8 Å². The van der Waals surface area contributed by atoms with E-state index in [0.717, 1.165) is 32.2 Å². The molecule has 5 rings (SSSR count). The second kappa shape index (κ2) is 13.8. The summed E-state index contributed by atoms with van der Waals surface area (Å²) in [7, 11) is 0. The van der Waals surface area contributed by atoms with E-state index in [4.69, 9.17) is 11.6 Å². The molecule has 4 nitrogen and oxygen atoms in total. The standard InChI is InChI=1S/C33H39ClF7N3O/c34-28-8-4-9-29(35)25(28)21-30(45)44-14-5-12-31(22-44,23-10-11-26(32(36,37)38)27(20-23)33(39,40)41)13-15-42-16-18-43(19-17-42)24-6-2-1-3-7-24/h4,8-11,20,24H,1-3,5-7,12-19,21-22H2/t31-/m1/s1. The summed E-state index contributed by atoms with van der Waals surface area (Å²) in [5, 5.41) is 0.0940. The van der Waals surface area contributed by atoms with Crippen molar-refractivity contribution in [3.05, 3.63) is 69.5 Å². The third-order valence-corrected chi connectivity index (χ3v) is 10.3. The molecular formula is C33H39ClF7N3O. The highest BCUT2D eigenvalue weighted by Crippen LogP contribution is 2.45. The lowest BCUT2D eigenvalue weighted by Gasteiger charge is -2.46. The van der Waals surface area contributed by atoms with E-state index in [1.807, 2.05) is 0 Å². The Balaban J connectivity index is 1.40. The Morgan fingerprint density at radius 2 is 1.56 bits per heavy atom. The van der Waals surface area contributed by atoms with Gasteiger partial charge in [-0.15, -0.1) is 0 Å². The lowest BCUT2D eigenvalue weighted by atomic mass is 9.70. The average molecular weight is 662 g/mol. The molecule has 2 saturated heterocycles. The molecule has 3 aliphatic rings. The first-order valence-electron chi connectivity index (χ1n) is 15.7. The zero-order chi connectivity index (χ0) is 32.4. The number of benzene rings is 2. The molecule has 2 aromatic rings. The summed E-state index contributed by atoms with van der Waals surface area (Å²) >= 11 is 6.15. The molecule has 0 bridgehead atoms. The summed E-state index contributed by atoms with van der Waals surface area (Å²) in [5.41, 5.74) is -4.31. The molecule has 1 atom stereocenters. The van der Waals surface area contributed by atoms with Crippen molar-refractivity contribution in [2.45, 2.75) is 81.6 Å². The molecule has 1 amide bonds. The quantitative estimate of drug-likeness (QED) is 0.282. The highest BCUT2D eigenvalue weighted by atomic mass is 35.5. The van der Waals surface area contributed by atoms with Gasteiger partial charge < -0.3 is 9.80 Å². The minimum Gasteiger partial charge on any atom is -0.342 e. The van der Waals surface area contributed by atoms with Crippen molar-refractivity contribution < 1.29 is 35.5 Å². The van der Waals surface area contributed by atoms with Crippen LogP contribution < -0.4 is 0 Å². The van der Waals surface area contributed by atoms with E-state index in [9.17, 15) is 35.5 Å². The molecule has 0 spiro atoms. The predicted octanol–water partition coefficient (Wildman–Crippen LogP) is 7.96. The highest BCUT2D eigenvalue weighted by Gasteiger charge is 2.46. The third-order valence-electron chi connectivity index (χ3n) is 9.97. The van der Waals surface area contributed by atoms with Gasteiger partial charge in [0.25, 0.3) is 0 Å². The van der Waals surface area contributed by atoms with Gasteiger partial charge in [-0.1, -0.05) is 43.0 Å². The van der Waals surface area contributed by atoms with Gasteiger partial charge in [-0.3, -0.25) is 9.69 Å². The number of halogens is 8. The van der Waals surface area contributed by atoms with Crippen LogP contribution in [0.15, 0.2) is 36.4 Å². The summed E-state index contributed by atoms with van der Waals surface area (Å²) in [4.78, 5) is 19.7. The summed E-state index contributed by atoms with van der Waals surface area (Å²) in [5.74, 6) is -1.07. The number of alkyl halides is 6. The highest BCUT2D eigenvalue weighted by molar-refractivity contribution is 6.31. The molecule has 2 aromatic carbocycles. The summed E-state index contributed by atoms with van der Waals surface area (Å²) in [6.07, 6.45) is -3.39. The lowest BCUT2D eigenvalue weighted by Crippen LogP contribution is -2.53. The third kappa shape index (κ3) is 7.96. The number of hydrogen-bond acceptors (Lipinski definition) is 3. The Morgan fingerprint density at radius 1 is 0.867 bits per heavy atom. The molecule has 3 fully saturated rings. The fourth-order valence-corrected chi connectivity index (χ4v) is 7.65. The summed E-state index contributed by atoms with van der Waals surface area (Å²) < 4.78 is 97.5. The number of likely N-dealkylation sites (tertiary alicyclic amines) is 1. The Bertz CT molecular complexity index is 1320. The number of piperidine rings is 1. The maximum absolute atomic E-state index is 14.5. The second-order valence-electron chi connectivity index (χ2n) is 12.8. The van der Waals surface area contributed by atoms with E-state index in [-0.39, 0.29) is 29.1 Å². The van der Waals surface area contributed by atoms with Gasteiger partial charge in [0.05, 0.1) is 17.5 Å². The Morgan fingerprint density at radius 3 is 2.20 bits per heavy atom. The summed E-state index contributed by atoms with van der Waals surface area (Å²) in [6, 6.07) is 6.97. The second-order valence-corrected chi connectivity index (χ2v) is 13.2. The molecule has 1 aliphatic carbocycles. The van der Waals surface area contributed by atoms with Gasteiger partial charge in [0.2, 0.25) is 5.91 Å². The number of carbonyl (C=O) groups is 1. The first-order valence-corrected chi connectivity index (χ1v) is 16.1. The minimum atomic E-state index is -5.22. The molecule has 12 heteroatoms. The van der Waals surface area contributed by atoms with Crippen LogP contribution in [0.2, 0.25) is 5.02 Å². The van der Waals surface area contributed by atoms with E-state index in [2.05, 4.69) is 9.80 Å². The van der Waals surface area contributed by atoms with Crippen LogP contribution in [0.5, 0.6) is 0 Å². The van der Waals surface area contributed by atoms with E-state index in [0.29, 0.717) is 50.5 Å². The SMILES string of the molecule is O=C(Cc1c(F)cccc1Cl)N1CCC[C@](CCN2CCN(C3CCCCC3)CC2)(c2ccc(C(F)(F)F)c(C(F)(F)F)c2)C1. The maximum Gasteiger partial charge on any atom is 0.417 e. The fraction of sp³-hybridized carbons (Fsp3) is 0.606. The normalized spacial score (nSPS) is 23.0. The van der Waals surface area contributed by atoms with Gasteiger partial charge in [-0.2, -0.15) is 26.3 Å². The molecule has 1 saturated carbocycles. The van der Waals surface area contributed by atoms with Crippen LogP contribution >= 0.6 is 11.6 Å². The van der Waals surface area contributed by atoms with E-state index in [1.54, 1.807) is 0 Å². The predicted molar refractivity (Wildman–Crippen MR) is 159 cm³/mol. The molecule has 2 aliphatic heterocycles. The van der Waals surface area contributed by atoms with Crippen LogP contribution in [0.1, 0.15) is 73.6 Å². The first kappa shape index (κ1) is 34.0. The Labute approximate surface area is 264 Å². The van der Waals surface area contributed by atoms with Gasteiger partial charge in [0.1, 0.15) is 5.82 Å². The monoisotopic (exact) mass is 661 g/mol. The van der Waals surface area contributed by atoms with Gasteiger partial charge in [-0.25, -0.2) is 4.39 Å². The van der Waals surface area contributed by atoms with Crippen LogP contribution in [0, 0.1) is 5.82 Å². The van der Waals surface area contributed by atoms with Gasteiger partial charge >= 0.3 is 12.4 Å². The van der Waals surface area contributed by atoms with Gasteiger partial charge in [0, 0.05) is 61.3 Å². The number of piperazine rings is 1. The van der Waals surface area contributed by atoms with E-state index >= 15 is 0 Å². The van der Waals surface area contributed by atoms with E-state index < -0.39 is 40.6 Å². The number of hydrogen-bond donors (Lipinski definition) is 0. The van der Waals surface area contributed by atoms with Crippen LogP contribution in [0.3, 0.4) is 0 Å². The molecule has 0 unspecified atom stereocenters. The topological polar surface area (TPSA) is 26.8 Å². The largest absolute Gasteiger partial charge is 0.417 e. The zero-order valence-corrected chi connectivity index (χ0v) is 25.9. The average Bonchev–Trinajstić information content (AvgIpc) is 3.01. The zero-order valence-electron chi connectivity index (χ0n) is 25.1. The van der Waals surface area contributed by atoms with Gasteiger partial charge in [0.15, 0.2) is 0 Å². The number of rotatable bonds is 7. The maximum atomic E-state index is 14.5. The fourth-order valence-electron chi connectivity index (χ4n) is 7.42. The Kier molecular flexibility index (Phi) is 10.4. The molecule has 0 radical (unpaired) electrons. The van der Waals surface area contributed by atoms with Crippen molar-refractivity contribution in [3.8, 4) is 0 Å². The molecule has 2 heterocycles. The first-order chi connectivity index (χ1) is 21.3. The number of nitrogens with zero attached hydrogens (tertiary/aromatic N) is 3. The molecule has 45 heavy (non-hydrogen) atoms. The molecular weight excluding hydrogens is 623 g/mol.